The Morgan fingerprint density at radius 1 is 1.29 bits per heavy atom. The molecule has 0 aliphatic carbocycles. The second-order valence-electron chi connectivity index (χ2n) is 4.18. The molecule has 1 aliphatic heterocycles. The summed E-state index contributed by atoms with van der Waals surface area (Å²) in [4.78, 5) is 0. The molecular weight excluding hydrogens is 238 g/mol. The van der Waals surface area contributed by atoms with E-state index in [2.05, 4.69) is 4.74 Å². The van der Waals surface area contributed by atoms with Gasteiger partial charge in [0.1, 0.15) is 5.82 Å². The predicted molar refractivity (Wildman–Crippen MR) is 52.7 cm³/mol. The van der Waals surface area contributed by atoms with Gasteiger partial charge in [0.05, 0.1) is 12.1 Å². The number of hydrogen-bond donors (Lipinski definition) is 1. The van der Waals surface area contributed by atoms with Crippen LogP contribution in [-0.2, 0) is 10.3 Å². The minimum atomic E-state index is -4.47. The molecule has 0 saturated carbocycles. The SMILES string of the molecule is NC1(c2ccccc2F)COC(C(F)(F)F)C1. The number of ether oxygens (including phenoxy) is 1. The van der Waals surface area contributed by atoms with Gasteiger partial charge in [0.25, 0.3) is 0 Å². The highest BCUT2D eigenvalue weighted by Crippen LogP contribution is 2.39. The third-order valence-corrected chi connectivity index (χ3v) is 2.87. The summed E-state index contributed by atoms with van der Waals surface area (Å²) in [5, 5.41) is 0. The first kappa shape index (κ1) is 12.3. The Morgan fingerprint density at radius 2 is 1.94 bits per heavy atom. The number of hydrogen-bond acceptors (Lipinski definition) is 2. The van der Waals surface area contributed by atoms with E-state index in [1.807, 2.05) is 0 Å². The molecule has 1 saturated heterocycles. The molecule has 0 amide bonds. The molecule has 1 aliphatic rings. The van der Waals surface area contributed by atoms with Crippen molar-refractivity contribution in [3.8, 4) is 0 Å². The first-order valence-electron chi connectivity index (χ1n) is 5.05. The van der Waals surface area contributed by atoms with Crippen LogP contribution in [0.5, 0.6) is 0 Å². The Morgan fingerprint density at radius 3 is 2.47 bits per heavy atom. The molecule has 94 valence electrons. The molecule has 17 heavy (non-hydrogen) atoms. The van der Waals surface area contributed by atoms with Gasteiger partial charge in [-0.2, -0.15) is 13.2 Å². The third-order valence-electron chi connectivity index (χ3n) is 2.87. The van der Waals surface area contributed by atoms with Crippen molar-refractivity contribution >= 4 is 0 Å². The fourth-order valence-corrected chi connectivity index (χ4v) is 1.96. The number of rotatable bonds is 1. The Kier molecular flexibility index (Phi) is 2.87. The van der Waals surface area contributed by atoms with Crippen LogP contribution in [0.3, 0.4) is 0 Å². The summed E-state index contributed by atoms with van der Waals surface area (Å²) >= 11 is 0. The first-order chi connectivity index (χ1) is 7.83. The summed E-state index contributed by atoms with van der Waals surface area (Å²) in [6, 6.07) is 5.55. The van der Waals surface area contributed by atoms with Gasteiger partial charge >= 0.3 is 6.18 Å². The molecule has 0 bridgehead atoms. The number of benzene rings is 1. The molecule has 2 N–H and O–H groups in total. The summed E-state index contributed by atoms with van der Waals surface area (Å²) in [7, 11) is 0. The maximum Gasteiger partial charge on any atom is 0.414 e. The highest BCUT2D eigenvalue weighted by Gasteiger charge is 2.51. The lowest BCUT2D eigenvalue weighted by Gasteiger charge is -2.23. The van der Waals surface area contributed by atoms with Crippen molar-refractivity contribution < 1.29 is 22.3 Å². The van der Waals surface area contributed by atoms with Gasteiger partial charge in [-0.05, 0) is 6.07 Å². The zero-order valence-corrected chi connectivity index (χ0v) is 8.80. The van der Waals surface area contributed by atoms with E-state index < -0.39 is 30.1 Å². The van der Waals surface area contributed by atoms with Gasteiger partial charge in [0.15, 0.2) is 6.10 Å². The van der Waals surface area contributed by atoms with Gasteiger partial charge in [-0.3, -0.25) is 0 Å². The van der Waals surface area contributed by atoms with Gasteiger partial charge in [-0.1, -0.05) is 18.2 Å². The molecule has 2 rings (SSSR count). The van der Waals surface area contributed by atoms with E-state index in [4.69, 9.17) is 5.73 Å². The Balaban J connectivity index is 2.26. The topological polar surface area (TPSA) is 35.2 Å². The molecule has 1 aromatic carbocycles. The van der Waals surface area contributed by atoms with Gasteiger partial charge in [0, 0.05) is 12.0 Å². The van der Waals surface area contributed by atoms with Crippen molar-refractivity contribution in [2.75, 3.05) is 6.61 Å². The van der Waals surface area contributed by atoms with Crippen molar-refractivity contribution in [1.29, 1.82) is 0 Å². The number of nitrogens with two attached hydrogens (primary N) is 1. The van der Waals surface area contributed by atoms with E-state index in [1.54, 1.807) is 0 Å². The van der Waals surface area contributed by atoms with Crippen LogP contribution in [0.25, 0.3) is 0 Å². The van der Waals surface area contributed by atoms with E-state index in [0.717, 1.165) is 0 Å². The summed E-state index contributed by atoms with van der Waals surface area (Å²) in [5.41, 5.74) is 4.45. The second kappa shape index (κ2) is 3.96. The first-order valence-corrected chi connectivity index (χ1v) is 5.05. The van der Waals surface area contributed by atoms with E-state index in [9.17, 15) is 17.6 Å². The van der Waals surface area contributed by atoms with Crippen molar-refractivity contribution in [2.24, 2.45) is 5.73 Å². The summed E-state index contributed by atoms with van der Waals surface area (Å²) < 4.78 is 55.5. The lowest BCUT2D eigenvalue weighted by atomic mass is 9.88. The normalized spacial score (nSPS) is 29.6. The molecule has 1 aromatic rings. The van der Waals surface area contributed by atoms with Crippen LogP contribution in [0, 0.1) is 5.82 Å². The predicted octanol–water partition coefficient (Wildman–Crippen LogP) is 2.33. The molecule has 1 fully saturated rings. The molecule has 1 heterocycles. The van der Waals surface area contributed by atoms with Crippen molar-refractivity contribution in [1.82, 2.24) is 0 Å². The zero-order valence-electron chi connectivity index (χ0n) is 8.80. The van der Waals surface area contributed by atoms with Crippen LogP contribution in [0.4, 0.5) is 17.6 Å². The molecule has 2 atom stereocenters. The maximum atomic E-state index is 13.5. The smallest absolute Gasteiger partial charge is 0.366 e. The Bertz CT molecular complexity index is 420. The van der Waals surface area contributed by atoms with E-state index in [1.165, 1.54) is 24.3 Å². The van der Waals surface area contributed by atoms with Crippen LogP contribution in [0.15, 0.2) is 24.3 Å². The molecule has 2 unspecified atom stereocenters. The van der Waals surface area contributed by atoms with Crippen LogP contribution >= 0.6 is 0 Å². The van der Waals surface area contributed by atoms with Crippen molar-refractivity contribution in [3.63, 3.8) is 0 Å². The van der Waals surface area contributed by atoms with E-state index >= 15 is 0 Å². The third kappa shape index (κ3) is 2.28. The van der Waals surface area contributed by atoms with Gasteiger partial charge < -0.3 is 10.5 Å². The van der Waals surface area contributed by atoms with Gasteiger partial charge in [-0.25, -0.2) is 4.39 Å². The Hall–Kier alpha value is -1.14. The largest absolute Gasteiger partial charge is 0.414 e. The fraction of sp³-hybridized carbons (Fsp3) is 0.455. The van der Waals surface area contributed by atoms with Gasteiger partial charge in [0.2, 0.25) is 0 Å². The maximum absolute atomic E-state index is 13.5. The lowest BCUT2D eigenvalue weighted by Crippen LogP contribution is -2.39. The zero-order chi connectivity index (χ0) is 12.7. The van der Waals surface area contributed by atoms with Crippen molar-refractivity contribution in [2.45, 2.75) is 24.2 Å². The van der Waals surface area contributed by atoms with Gasteiger partial charge in [-0.15, -0.1) is 0 Å². The minimum Gasteiger partial charge on any atom is -0.366 e. The molecule has 2 nitrogen and oxygen atoms in total. The molecule has 0 spiro atoms. The summed E-state index contributed by atoms with van der Waals surface area (Å²) in [6.45, 7) is -0.335. The lowest BCUT2D eigenvalue weighted by molar-refractivity contribution is -0.206. The fourth-order valence-electron chi connectivity index (χ4n) is 1.96. The molecular formula is C11H11F4NO. The van der Waals surface area contributed by atoms with Crippen molar-refractivity contribution in [3.05, 3.63) is 35.6 Å². The van der Waals surface area contributed by atoms with Crippen LogP contribution < -0.4 is 5.73 Å². The highest BCUT2D eigenvalue weighted by molar-refractivity contribution is 5.27. The minimum absolute atomic E-state index is 0.0618. The van der Waals surface area contributed by atoms with E-state index in [0.29, 0.717) is 0 Å². The quantitative estimate of drug-likeness (QED) is 0.775. The second-order valence-corrected chi connectivity index (χ2v) is 4.18. The molecule has 0 radical (unpaired) electrons. The standard InChI is InChI=1S/C11H11F4NO/c12-8-4-2-1-3-7(8)10(16)5-9(17-6-10)11(13,14)15/h1-4,9H,5-6,16H2. The molecule has 0 aromatic heterocycles. The van der Waals surface area contributed by atoms with Crippen LogP contribution in [0.2, 0.25) is 0 Å². The number of halogens is 4. The average molecular weight is 249 g/mol. The van der Waals surface area contributed by atoms with E-state index in [-0.39, 0.29) is 12.2 Å². The van der Waals surface area contributed by atoms with Crippen LogP contribution in [-0.4, -0.2) is 18.9 Å². The number of alkyl halides is 3. The molecule has 6 heteroatoms. The summed E-state index contributed by atoms with van der Waals surface area (Å²) in [6.07, 6.45) is -6.85. The Labute approximate surface area is 95.4 Å². The monoisotopic (exact) mass is 249 g/mol. The highest BCUT2D eigenvalue weighted by atomic mass is 19.4. The summed E-state index contributed by atoms with van der Waals surface area (Å²) in [5.74, 6) is -0.610. The average Bonchev–Trinajstić information content (AvgIpc) is 2.62. The van der Waals surface area contributed by atoms with Crippen LogP contribution in [0.1, 0.15) is 12.0 Å².